The average Bonchev–Trinajstić information content (AvgIpc) is 3.37. The molecule has 1 aliphatic rings. The number of urea groups is 1. The first-order valence-corrected chi connectivity index (χ1v) is 9.96. The zero-order chi connectivity index (χ0) is 20.2. The van der Waals surface area contributed by atoms with E-state index < -0.39 is 0 Å². The Balaban J connectivity index is 1.35. The maximum absolute atomic E-state index is 12.6. The van der Waals surface area contributed by atoms with Crippen molar-refractivity contribution in [1.82, 2.24) is 19.8 Å². The number of carbonyl (C=O) groups is 2. The van der Waals surface area contributed by atoms with Gasteiger partial charge in [-0.2, -0.15) is 0 Å². The molecule has 0 aliphatic carbocycles. The Kier molecular flexibility index (Phi) is 5.46. The van der Waals surface area contributed by atoms with Crippen LogP contribution in [0, 0.1) is 6.92 Å². The number of amides is 3. The van der Waals surface area contributed by atoms with E-state index in [2.05, 4.69) is 15.6 Å². The number of aryl methyl sites for hydroxylation is 1. The van der Waals surface area contributed by atoms with Gasteiger partial charge in [-0.1, -0.05) is 12.1 Å². The van der Waals surface area contributed by atoms with E-state index in [0.29, 0.717) is 18.7 Å². The largest absolute Gasteiger partial charge is 0.339 e. The topological polar surface area (TPSA) is 79.3 Å². The summed E-state index contributed by atoms with van der Waals surface area (Å²) in [7, 11) is 0. The minimum Gasteiger partial charge on any atom is -0.339 e. The van der Waals surface area contributed by atoms with Gasteiger partial charge in [0.25, 0.3) is 5.91 Å². The molecule has 3 aromatic rings. The van der Waals surface area contributed by atoms with Gasteiger partial charge >= 0.3 is 6.03 Å². The van der Waals surface area contributed by atoms with Crippen LogP contribution in [0.15, 0.2) is 48.8 Å². The number of nitrogens with one attached hydrogen (secondary N) is 2. The van der Waals surface area contributed by atoms with Gasteiger partial charge in [-0.15, -0.1) is 0 Å². The molecule has 7 heteroatoms. The van der Waals surface area contributed by atoms with E-state index in [0.717, 1.165) is 48.2 Å². The van der Waals surface area contributed by atoms with Gasteiger partial charge in [0.2, 0.25) is 0 Å². The Morgan fingerprint density at radius 2 is 1.93 bits per heavy atom. The standard InChI is InChI=1S/C22H25N5O2/c1-16-5-4-6-18(13-16)25-22(29)23-9-12-27-15-24-19-14-17(7-8-20(19)27)21(28)26-10-2-3-11-26/h4-8,13-15H,2-3,9-12H2,1H3,(H2,23,25,29). The number of benzene rings is 2. The van der Waals surface area contributed by atoms with Crippen LogP contribution in [0.2, 0.25) is 0 Å². The number of likely N-dealkylation sites (tertiary alicyclic amines) is 1. The first-order chi connectivity index (χ1) is 14.1. The highest BCUT2D eigenvalue weighted by Crippen LogP contribution is 2.18. The summed E-state index contributed by atoms with van der Waals surface area (Å²) in [6.45, 7) is 4.72. The Hall–Kier alpha value is -3.35. The lowest BCUT2D eigenvalue weighted by molar-refractivity contribution is 0.0793. The quantitative estimate of drug-likeness (QED) is 0.700. The number of nitrogens with zero attached hydrogens (tertiary/aromatic N) is 3. The lowest BCUT2D eigenvalue weighted by Crippen LogP contribution is -2.31. The van der Waals surface area contributed by atoms with E-state index in [9.17, 15) is 9.59 Å². The third-order valence-electron chi connectivity index (χ3n) is 5.18. The smallest absolute Gasteiger partial charge is 0.319 e. The molecule has 0 saturated carbocycles. The van der Waals surface area contributed by atoms with E-state index in [1.165, 1.54) is 0 Å². The number of aromatic nitrogens is 2. The molecule has 3 amide bonds. The van der Waals surface area contributed by atoms with Crippen LogP contribution in [0.4, 0.5) is 10.5 Å². The van der Waals surface area contributed by atoms with Crippen molar-refractivity contribution in [2.24, 2.45) is 0 Å². The van der Waals surface area contributed by atoms with Crippen molar-refractivity contribution < 1.29 is 9.59 Å². The van der Waals surface area contributed by atoms with Gasteiger partial charge < -0.3 is 20.1 Å². The third-order valence-corrected chi connectivity index (χ3v) is 5.18. The maximum Gasteiger partial charge on any atom is 0.319 e. The summed E-state index contributed by atoms with van der Waals surface area (Å²) in [5.74, 6) is 0.0773. The van der Waals surface area contributed by atoms with Gasteiger partial charge in [-0.3, -0.25) is 4.79 Å². The summed E-state index contributed by atoms with van der Waals surface area (Å²) in [5.41, 5.74) is 4.28. The van der Waals surface area contributed by atoms with Crippen LogP contribution in [0.1, 0.15) is 28.8 Å². The number of anilines is 1. The molecule has 1 saturated heterocycles. The fourth-order valence-corrected chi connectivity index (χ4v) is 3.67. The summed E-state index contributed by atoms with van der Waals surface area (Å²) in [5, 5.41) is 5.69. The maximum atomic E-state index is 12.6. The first kappa shape index (κ1) is 19.0. The highest BCUT2D eigenvalue weighted by Gasteiger charge is 2.20. The molecular formula is C22H25N5O2. The molecule has 0 radical (unpaired) electrons. The molecule has 29 heavy (non-hydrogen) atoms. The SMILES string of the molecule is Cc1cccc(NC(=O)NCCn2cnc3cc(C(=O)N4CCCC4)ccc32)c1. The number of fused-ring (bicyclic) bond motifs is 1. The summed E-state index contributed by atoms with van der Waals surface area (Å²) in [6, 6.07) is 13.1. The van der Waals surface area contributed by atoms with Crippen LogP contribution >= 0.6 is 0 Å². The Morgan fingerprint density at radius 1 is 1.10 bits per heavy atom. The Labute approximate surface area is 169 Å². The summed E-state index contributed by atoms with van der Waals surface area (Å²) < 4.78 is 1.98. The van der Waals surface area contributed by atoms with E-state index in [1.807, 2.05) is 58.9 Å². The van der Waals surface area contributed by atoms with Gasteiger partial charge in [0, 0.05) is 37.4 Å². The fraction of sp³-hybridized carbons (Fsp3) is 0.318. The first-order valence-electron chi connectivity index (χ1n) is 9.96. The monoisotopic (exact) mass is 391 g/mol. The van der Waals surface area contributed by atoms with E-state index >= 15 is 0 Å². The average molecular weight is 391 g/mol. The van der Waals surface area contributed by atoms with Crippen molar-refractivity contribution in [2.75, 3.05) is 25.0 Å². The van der Waals surface area contributed by atoms with Gasteiger partial charge in [-0.05, 0) is 55.7 Å². The Morgan fingerprint density at radius 3 is 2.72 bits per heavy atom. The van der Waals surface area contributed by atoms with Crippen molar-refractivity contribution in [2.45, 2.75) is 26.3 Å². The molecular weight excluding hydrogens is 366 g/mol. The fourth-order valence-electron chi connectivity index (χ4n) is 3.67. The molecule has 150 valence electrons. The minimum absolute atomic E-state index is 0.0773. The molecule has 1 aliphatic heterocycles. The molecule has 0 unspecified atom stereocenters. The molecule has 2 aromatic carbocycles. The molecule has 4 rings (SSSR count). The van der Waals surface area contributed by atoms with Gasteiger partial charge in [0.1, 0.15) is 0 Å². The predicted molar refractivity (Wildman–Crippen MR) is 113 cm³/mol. The van der Waals surface area contributed by atoms with Crippen LogP contribution in [0.25, 0.3) is 11.0 Å². The van der Waals surface area contributed by atoms with Crippen molar-refractivity contribution in [3.63, 3.8) is 0 Å². The second kappa shape index (κ2) is 8.34. The number of rotatable bonds is 5. The number of hydrogen-bond acceptors (Lipinski definition) is 3. The second-order valence-corrected chi connectivity index (χ2v) is 7.39. The van der Waals surface area contributed by atoms with Crippen LogP contribution in [-0.4, -0.2) is 46.0 Å². The second-order valence-electron chi connectivity index (χ2n) is 7.39. The zero-order valence-electron chi connectivity index (χ0n) is 16.5. The predicted octanol–water partition coefficient (Wildman–Crippen LogP) is 3.40. The van der Waals surface area contributed by atoms with Crippen LogP contribution in [-0.2, 0) is 6.54 Å². The molecule has 0 atom stereocenters. The van der Waals surface area contributed by atoms with Crippen molar-refractivity contribution in [3.05, 3.63) is 59.9 Å². The van der Waals surface area contributed by atoms with Crippen molar-refractivity contribution >= 4 is 28.7 Å². The molecule has 1 fully saturated rings. The number of imidazole rings is 1. The van der Waals surface area contributed by atoms with Crippen molar-refractivity contribution in [1.29, 1.82) is 0 Å². The highest BCUT2D eigenvalue weighted by molar-refractivity contribution is 5.97. The number of carbonyl (C=O) groups excluding carboxylic acids is 2. The van der Waals surface area contributed by atoms with Gasteiger partial charge in [0.05, 0.1) is 17.4 Å². The molecule has 2 heterocycles. The normalized spacial score (nSPS) is 13.6. The van der Waals surface area contributed by atoms with E-state index in [1.54, 1.807) is 6.33 Å². The summed E-state index contributed by atoms with van der Waals surface area (Å²) in [6.07, 6.45) is 3.90. The lowest BCUT2D eigenvalue weighted by Gasteiger charge is -2.15. The van der Waals surface area contributed by atoms with Crippen LogP contribution in [0.5, 0.6) is 0 Å². The zero-order valence-corrected chi connectivity index (χ0v) is 16.5. The lowest BCUT2D eigenvalue weighted by atomic mass is 10.1. The molecule has 1 aromatic heterocycles. The molecule has 0 spiro atoms. The Bertz CT molecular complexity index is 1040. The molecule has 0 bridgehead atoms. The summed E-state index contributed by atoms with van der Waals surface area (Å²) >= 11 is 0. The minimum atomic E-state index is -0.237. The van der Waals surface area contributed by atoms with Crippen LogP contribution < -0.4 is 10.6 Å². The van der Waals surface area contributed by atoms with Gasteiger partial charge in [-0.25, -0.2) is 9.78 Å². The highest BCUT2D eigenvalue weighted by atomic mass is 16.2. The number of hydrogen-bond donors (Lipinski definition) is 2. The van der Waals surface area contributed by atoms with E-state index in [-0.39, 0.29) is 11.9 Å². The molecule has 2 N–H and O–H groups in total. The molecule has 7 nitrogen and oxygen atoms in total. The van der Waals surface area contributed by atoms with Gasteiger partial charge in [0.15, 0.2) is 0 Å². The van der Waals surface area contributed by atoms with E-state index in [4.69, 9.17) is 0 Å². The third kappa shape index (κ3) is 4.39. The van der Waals surface area contributed by atoms with Crippen LogP contribution in [0.3, 0.4) is 0 Å². The summed E-state index contributed by atoms with van der Waals surface area (Å²) in [4.78, 5) is 30.9. The van der Waals surface area contributed by atoms with Crippen molar-refractivity contribution in [3.8, 4) is 0 Å².